The van der Waals surface area contributed by atoms with Gasteiger partial charge in [0.15, 0.2) is 10.6 Å². The van der Waals surface area contributed by atoms with Crippen molar-refractivity contribution in [1.29, 1.82) is 0 Å². The fourth-order valence-corrected chi connectivity index (χ4v) is 3.97. The molecule has 6 heteroatoms. The molecule has 26 heavy (non-hydrogen) atoms. The molecular weight excluding hydrogens is 344 g/mol. The summed E-state index contributed by atoms with van der Waals surface area (Å²) in [7, 11) is 0. The quantitative estimate of drug-likeness (QED) is 0.533. The van der Waals surface area contributed by atoms with Crippen molar-refractivity contribution in [3.05, 3.63) is 34.6 Å². The molecule has 0 spiro atoms. The molecule has 1 fully saturated rings. The first kappa shape index (κ1) is 18.8. The predicted octanol–water partition coefficient (Wildman–Crippen LogP) is 4.39. The lowest BCUT2D eigenvalue weighted by Gasteiger charge is -2.10. The van der Waals surface area contributed by atoms with Crippen molar-refractivity contribution in [1.82, 2.24) is 20.1 Å². The molecule has 2 N–H and O–H groups in total. The number of H-pyrrole nitrogens is 1. The molecule has 1 saturated carbocycles. The number of benzene rings is 1. The van der Waals surface area contributed by atoms with Crippen molar-refractivity contribution in [2.45, 2.75) is 58.4 Å². The second kappa shape index (κ2) is 9.12. The van der Waals surface area contributed by atoms with Crippen LogP contribution in [0.15, 0.2) is 24.3 Å². The van der Waals surface area contributed by atoms with Crippen molar-refractivity contribution < 1.29 is 4.79 Å². The minimum Gasteiger partial charge on any atom is -0.356 e. The summed E-state index contributed by atoms with van der Waals surface area (Å²) in [5, 5.41) is 10.2. The number of hydrogen-bond acceptors (Lipinski definition) is 3. The first-order chi connectivity index (χ1) is 12.6. The maximum absolute atomic E-state index is 12.2. The Morgan fingerprint density at radius 1 is 1.38 bits per heavy atom. The molecule has 0 aliphatic heterocycles. The highest BCUT2D eigenvalue weighted by atomic mass is 32.1. The normalized spacial score (nSPS) is 14.7. The topological polar surface area (TPSA) is 62.7 Å². The molecule has 0 atom stereocenters. The zero-order valence-corrected chi connectivity index (χ0v) is 16.3. The minimum absolute atomic E-state index is 0.0784. The summed E-state index contributed by atoms with van der Waals surface area (Å²) >= 11 is 5.34. The van der Waals surface area contributed by atoms with Gasteiger partial charge in [0.05, 0.1) is 0 Å². The van der Waals surface area contributed by atoms with Gasteiger partial charge in [0.1, 0.15) is 0 Å². The number of amides is 1. The van der Waals surface area contributed by atoms with E-state index in [2.05, 4.69) is 21.6 Å². The van der Waals surface area contributed by atoms with Gasteiger partial charge in [-0.1, -0.05) is 49.4 Å². The summed E-state index contributed by atoms with van der Waals surface area (Å²) in [5.74, 6) is 1.75. The van der Waals surface area contributed by atoms with E-state index in [0.29, 0.717) is 17.7 Å². The Labute approximate surface area is 160 Å². The van der Waals surface area contributed by atoms with E-state index in [1.807, 2.05) is 29.7 Å². The van der Waals surface area contributed by atoms with Crippen LogP contribution in [0.1, 0.15) is 50.5 Å². The summed E-state index contributed by atoms with van der Waals surface area (Å²) in [6, 6.07) is 8.14. The number of aromatic nitrogens is 3. The van der Waals surface area contributed by atoms with E-state index in [0.717, 1.165) is 30.3 Å². The van der Waals surface area contributed by atoms with Crippen LogP contribution < -0.4 is 5.32 Å². The number of hydrogen-bond donors (Lipinski definition) is 2. The Morgan fingerprint density at radius 2 is 2.19 bits per heavy atom. The number of carbonyl (C=O) groups is 1. The van der Waals surface area contributed by atoms with Crippen LogP contribution >= 0.6 is 12.2 Å². The molecule has 1 aromatic carbocycles. The second-order valence-corrected chi connectivity index (χ2v) is 7.65. The Bertz CT molecular complexity index is 789. The highest BCUT2D eigenvalue weighted by Gasteiger charge is 2.14. The molecule has 2 aromatic rings. The lowest BCUT2D eigenvalue weighted by molar-refractivity contribution is -0.121. The van der Waals surface area contributed by atoms with Crippen molar-refractivity contribution in [3.63, 3.8) is 0 Å². The molecule has 0 saturated heterocycles. The first-order valence-corrected chi connectivity index (χ1v) is 10.0. The molecule has 1 heterocycles. The van der Waals surface area contributed by atoms with Gasteiger partial charge in [-0.3, -0.25) is 14.5 Å². The van der Waals surface area contributed by atoms with E-state index in [-0.39, 0.29) is 5.91 Å². The van der Waals surface area contributed by atoms with Crippen LogP contribution in [0.25, 0.3) is 11.4 Å². The van der Waals surface area contributed by atoms with Crippen LogP contribution in [-0.2, 0) is 11.3 Å². The summed E-state index contributed by atoms with van der Waals surface area (Å²) in [4.78, 5) is 12.2. The minimum atomic E-state index is 0.0784. The highest BCUT2D eigenvalue weighted by molar-refractivity contribution is 7.71. The van der Waals surface area contributed by atoms with Crippen molar-refractivity contribution >= 4 is 18.1 Å². The Kier molecular flexibility index (Phi) is 6.61. The van der Waals surface area contributed by atoms with E-state index < -0.39 is 0 Å². The van der Waals surface area contributed by atoms with Gasteiger partial charge < -0.3 is 5.32 Å². The van der Waals surface area contributed by atoms with Crippen molar-refractivity contribution in [3.8, 4) is 11.4 Å². The van der Waals surface area contributed by atoms with Gasteiger partial charge in [-0.05, 0) is 44.0 Å². The summed E-state index contributed by atoms with van der Waals surface area (Å²) in [5.41, 5.74) is 2.18. The lowest BCUT2D eigenvalue weighted by Crippen LogP contribution is -2.25. The summed E-state index contributed by atoms with van der Waals surface area (Å²) in [6.45, 7) is 3.36. The van der Waals surface area contributed by atoms with Crippen molar-refractivity contribution in [2.75, 3.05) is 6.54 Å². The van der Waals surface area contributed by atoms with E-state index in [9.17, 15) is 4.79 Å². The zero-order chi connectivity index (χ0) is 18.4. The highest BCUT2D eigenvalue weighted by Crippen LogP contribution is 2.28. The van der Waals surface area contributed by atoms with Crippen LogP contribution in [0.5, 0.6) is 0 Å². The van der Waals surface area contributed by atoms with E-state index in [1.165, 1.54) is 37.7 Å². The SMILES string of the molecule is Cc1cccc(-c2n[nH]c(=S)n2CCC(=O)NCCCC2CCCC2)c1. The molecular formula is C20H28N4OS. The lowest BCUT2D eigenvalue weighted by atomic mass is 10.0. The van der Waals surface area contributed by atoms with E-state index in [4.69, 9.17) is 12.2 Å². The molecule has 1 aromatic heterocycles. The second-order valence-electron chi connectivity index (χ2n) is 7.27. The van der Waals surface area contributed by atoms with Crippen LogP contribution in [0.3, 0.4) is 0 Å². The van der Waals surface area contributed by atoms with Gasteiger partial charge in [-0.25, -0.2) is 0 Å². The van der Waals surface area contributed by atoms with Crippen LogP contribution in [0.2, 0.25) is 0 Å². The smallest absolute Gasteiger partial charge is 0.221 e. The zero-order valence-electron chi connectivity index (χ0n) is 15.5. The molecule has 1 amide bonds. The average Bonchev–Trinajstić information content (AvgIpc) is 3.27. The van der Waals surface area contributed by atoms with Gasteiger partial charge in [-0.2, -0.15) is 5.10 Å². The Balaban J connectivity index is 1.49. The molecule has 0 radical (unpaired) electrons. The molecule has 1 aliphatic rings. The summed E-state index contributed by atoms with van der Waals surface area (Å²) < 4.78 is 2.46. The molecule has 0 unspecified atom stereocenters. The molecule has 3 rings (SSSR count). The van der Waals surface area contributed by atoms with Gasteiger partial charge in [0, 0.05) is 25.1 Å². The number of rotatable bonds is 8. The van der Waals surface area contributed by atoms with Crippen LogP contribution in [-0.4, -0.2) is 27.2 Å². The predicted molar refractivity (Wildman–Crippen MR) is 106 cm³/mol. The van der Waals surface area contributed by atoms with E-state index in [1.54, 1.807) is 0 Å². The number of aromatic amines is 1. The molecule has 0 bridgehead atoms. The van der Waals surface area contributed by atoms with E-state index >= 15 is 0 Å². The third kappa shape index (κ3) is 5.04. The Hall–Kier alpha value is -1.95. The van der Waals surface area contributed by atoms with Gasteiger partial charge in [-0.15, -0.1) is 0 Å². The third-order valence-corrected chi connectivity index (χ3v) is 5.49. The maximum atomic E-state index is 12.2. The number of carbonyl (C=O) groups excluding carboxylic acids is 1. The van der Waals surface area contributed by atoms with Gasteiger partial charge >= 0.3 is 0 Å². The number of nitrogens with zero attached hydrogens (tertiary/aromatic N) is 2. The standard InChI is InChI=1S/C20H28N4OS/c1-15-6-4-10-17(14-15)19-22-23-20(26)24(19)13-11-18(25)21-12-5-9-16-7-2-3-8-16/h4,6,10,14,16H,2-3,5,7-9,11-13H2,1H3,(H,21,25)(H,23,26). The van der Waals surface area contributed by atoms with Gasteiger partial charge in [0.25, 0.3) is 0 Å². The number of nitrogens with one attached hydrogen (secondary N) is 2. The third-order valence-electron chi connectivity index (χ3n) is 5.18. The molecule has 140 valence electrons. The molecule has 5 nitrogen and oxygen atoms in total. The van der Waals surface area contributed by atoms with Gasteiger partial charge in [0.2, 0.25) is 5.91 Å². The fraction of sp³-hybridized carbons (Fsp3) is 0.550. The van der Waals surface area contributed by atoms with Crippen LogP contribution in [0.4, 0.5) is 0 Å². The summed E-state index contributed by atoms with van der Waals surface area (Å²) in [6.07, 6.45) is 8.23. The van der Waals surface area contributed by atoms with Crippen LogP contribution in [0, 0.1) is 17.6 Å². The fourth-order valence-electron chi connectivity index (χ4n) is 3.75. The first-order valence-electron chi connectivity index (χ1n) is 9.62. The monoisotopic (exact) mass is 372 g/mol. The maximum Gasteiger partial charge on any atom is 0.221 e. The molecule has 1 aliphatic carbocycles. The average molecular weight is 373 g/mol. The number of aryl methyl sites for hydroxylation is 1. The Morgan fingerprint density at radius 3 is 2.96 bits per heavy atom. The largest absolute Gasteiger partial charge is 0.356 e. The van der Waals surface area contributed by atoms with Crippen molar-refractivity contribution in [2.24, 2.45) is 5.92 Å².